The van der Waals surface area contributed by atoms with Crippen LogP contribution in [0.2, 0.25) is 0 Å². The third-order valence-corrected chi connectivity index (χ3v) is 6.14. The number of hydrogen-bond acceptors (Lipinski definition) is 5. The fourth-order valence-corrected chi connectivity index (χ4v) is 4.71. The Morgan fingerprint density at radius 2 is 1.64 bits per heavy atom. The number of aryl methyl sites for hydroxylation is 1. The maximum Gasteiger partial charge on any atom is 0.223 e. The Balaban J connectivity index is 1.49. The molecule has 6 nitrogen and oxygen atoms in total. The first-order valence-corrected chi connectivity index (χ1v) is 10.6. The molecule has 6 heteroatoms. The molecule has 5 rings (SSSR count). The number of anilines is 2. The number of rotatable bonds is 5. The maximum absolute atomic E-state index is 4.84. The SMILES string of the molecule is Cc1nn2c(NC3CCCC3)cccc2c1-c1ccnc(NC2CCCC2)n1. The van der Waals surface area contributed by atoms with E-state index >= 15 is 0 Å². The van der Waals surface area contributed by atoms with Crippen LogP contribution in [0, 0.1) is 6.92 Å². The Hall–Kier alpha value is -2.63. The van der Waals surface area contributed by atoms with Gasteiger partial charge in [-0.15, -0.1) is 0 Å². The van der Waals surface area contributed by atoms with Crippen molar-refractivity contribution in [1.29, 1.82) is 0 Å². The first-order chi connectivity index (χ1) is 13.8. The van der Waals surface area contributed by atoms with Gasteiger partial charge in [-0.05, 0) is 50.8 Å². The van der Waals surface area contributed by atoms with E-state index in [1.165, 1.54) is 51.4 Å². The van der Waals surface area contributed by atoms with Gasteiger partial charge in [0.05, 0.1) is 16.9 Å². The van der Waals surface area contributed by atoms with Gasteiger partial charge < -0.3 is 10.6 Å². The summed E-state index contributed by atoms with van der Waals surface area (Å²) in [6.07, 6.45) is 12.0. The average Bonchev–Trinajstić information content (AvgIpc) is 3.44. The highest BCUT2D eigenvalue weighted by molar-refractivity contribution is 5.81. The molecule has 0 aliphatic heterocycles. The minimum Gasteiger partial charge on any atom is -0.367 e. The van der Waals surface area contributed by atoms with E-state index in [2.05, 4.69) is 40.7 Å². The quantitative estimate of drug-likeness (QED) is 0.669. The zero-order valence-electron chi connectivity index (χ0n) is 16.5. The first-order valence-electron chi connectivity index (χ1n) is 10.6. The van der Waals surface area contributed by atoms with E-state index in [0.29, 0.717) is 12.1 Å². The molecule has 3 aromatic rings. The molecule has 0 radical (unpaired) electrons. The molecule has 2 aliphatic carbocycles. The van der Waals surface area contributed by atoms with Gasteiger partial charge in [0.25, 0.3) is 0 Å². The Bertz CT molecular complexity index is 966. The van der Waals surface area contributed by atoms with Gasteiger partial charge in [-0.1, -0.05) is 31.7 Å². The van der Waals surface area contributed by atoms with Crippen molar-refractivity contribution in [2.45, 2.75) is 70.4 Å². The van der Waals surface area contributed by atoms with Crippen LogP contribution in [0.15, 0.2) is 30.5 Å². The van der Waals surface area contributed by atoms with Crippen molar-refractivity contribution >= 4 is 17.3 Å². The summed E-state index contributed by atoms with van der Waals surface area (Å²) < 4.78 is 2.04. The molecular formula is C22H28N6. The van der Waals surface area contributed by atoms with Crippen LogP contribution in [-0.2, 0) is 0 Å². The molecule has 146 valence electrons. The highest BCUT2D eigenvalue weighted by Crippen LogP contribution is 2.30. The van der Waals surface area contributed by atoms with Crippen LogP contribution in [0.25, 0.3) is 16.8 Å². The van der Waals surface area contributed by atoms with Gasteiger partial charge in [0, 0.05) is 23.8 Å². The molecule has 0 unspecified atom stereocenters. The van der Waals surface area contributed by atoms with Gasteiger partial charge >= 0.3 is 0 Å². The lowest BCUT2D eigenvalue weighted by Gasteiger charge is -2.14. The fourth-order valence-electron chi connectivity index (χ4n) is 4.71. The van der Waals surface area contributed by atoms with Gasteiger partial charge in [0.2, 0.25) is 5.95 Å². The smallest absolute Gasteiger partial charge is 0.223 e. The van der Waals surface area contributed by atoms with Crippen LogP contribution >= 0.6 is 0 Å². The lowest BCUT2D eigenvalue weighted by atomic mass is 10.1. The summed E-state index contributed by atoms with van der Waals surface area (Å²) in [6, 6.07) is 9.40. The number of aromatic nitrogens is 4. The largest absolute Gasteiger partial charge is 0.367 e. The average molecular weight is 377 g/mol. The van der Waals surface area contributed by atoms with Crippen molar-refractivity contribution in [3.8, 4) is 11.3 Å². The van der Waals surface area contributed by atoms with E-state index in [1.807, 2.05) is 16.8 Å². The van der Waals surface area contributed by atoms with Crippen molar-refractivity contribution in [1.82, 2.24) is 19.6 Å². The highest BCUT2D eigenvalue weighted by atomic mass is 15.3. The van der Waals surface area contributed by atoms with Crippen LogP contribution in [0.1, 0.15) is 57.1 Å². The van der Waals surface area contributed by atoms with Gasteiger partial charge in [-0.25, -0.2) is 14.5 Å². The normalized spacial score (nSPS) is 18.2. The predicted octanol–water partition coefficient (Wildman–Crippen LogP) is 4.81. The molecule has 0 aromatic carbocycles. The molecule has 2 saturated carbocycles. The zero-order chi connectivity index (χ0) is 18.9. The Morgan fingerprint density at radius 3 is 2.39 bits per heavy atom. The predicted molar refractivity (Wildman–Crippen MR) is 113 cm³/mol. The van der Waals surface area contributed by atoms with Gasteiger partial charge in [-0.3, -0.25) is 0 Å². The summed E-state index contributed by atoms with van der Waals surface area (Å²) in [5.41, 5.74) is 4.10. The summed E-state index contributed by atoms with van der Waals surface area (Å²) in [7, 11) is 0. The zero-order valence-corrected chi connectivity index (χ0v) is 16.5. The summed E-state index contributed by atoms with van der Waals surface area (Å²) in [6.45, 7) is 2.06. The summed E-state index contributed by atoms with van der Waals surface area (Å²) in [4.78, 5) is 9.27. The van der Waals surface area contributed by atoms with Crippen LogP contribution in [-0.4, -0.2) is 31.7 Å². The van der Waals surface area contributed by atoms with E-state index < -0.39 is 0 Å². The fraction of sp³-hybridized carbons (Fsp3) is 0.500. The Kier molecular flexibility index (Phi) is 4.63. The summed E-state index contributed by atoms with van der Waals surface area (Å²) in [5, 5.41) is 12.0. The van der Waals surface area contributed by atoms with Gasteiger partial charge in [0.15, 0.2) is 0 Å². The molecule has 2 N–H and O–H groups in total. The third-order valence-electron chi connectivity index (χ3n) is 6.14. The number of fused-ring (bicyclic) bond motifs is 1. The second kappa shape index (κ2) is 7.41. The minimum absolute atomic E-state index is 0.502. The molecule has 0 bridgehead atoms. The maximum atomic E-state index is 4.84. The minimum atomic E-state index is 0.502. The molecule has 3 heterocycles. The summed E-state index contributed by atoms with van der Waals surface area (Å²) >= 11 is 0. The molecule has 2 fully saturated rings. The highest BCUT2D eigenvalue weighted by Gasteiger charge is 2.20. The van der Waals surface area contributed by atoms with Gasteiger partial charge in [0.1, 0.15) is 5.82 Å². The lowest BCUT2D eigenvalue weighted by molar-refractivity contribution is 0.741. The van der Waals surface area contributed by atoms with Gasteiger partial charge in [-0.2, -0.15) is 5.10 Å². The van der Waals surface area contributed by atoms with Crippen molar-refractivity contribution in [3.05, 3.63) is 36.2 Å². The Morgan fingerprint density at radius 1 is 0.929 bits per heavy atom. The van der Waals surface area contributed by atoms with E-state index in [0.717, 1.165) is 34.2 Å². The van der Waals surface area contributed by atoms with E-state index in [9.17, 15) is 0 Å². The Labute approximate surface area is 165 Å². The van der Waals surface area contributed by atoms with Crippen molar-refractivity contribution in [2.24, 2.45) is 0 Å². The summed E-state index contributed by atoms with van der Waals surface area (Å²) in [5.74, 6) is 1.79. The number of nitrogens with zero attached hydrogens (tertiary/aromatic N) is 4. The van der Waals surface area contributed by atoms with Crippen LogP contribution in [0.3, 0.4) is 0 Å². The lowest BCUT2D eigenvalue weighted by Crippen LogP contribution is -2.17. The van der Waals surface area contributed by atoms with E-state index in [1.54, 1.807) is 0 Å². The standard InChI is InChI=1S/C22H28N6/c1-15-21(18-13-14-23-22(26-18)25-17-9-4-5-10-17)19-11-6-12-20(28(19)27-15)24-16-7-2-3-8-16/h6,11-14,16-17,24H,2-5,7-10H2,1H3,(H,23,25,26). The number of nitrogens with one attached hydrogen (secondary N) is 2. The van der Waals surface area contributed by atoms with Crippen LogP contribution < -0.4 is 10.6 Å². The van der Waals surface area contributed by atoms with Crippen LogP contribution in [0.5, 0.6) is 0 Å². The molecular weight excluding hydrogens is 348 g/mol. The topological polar surface area (TPSA) is 67.1 Å². The third kappa shape index (κ3) is 3.32. The number of hydrogen-bond donors (Lipinski definition) is 2. The monoisotopic (exact) mass is 376 g/mol. The first kappa shape index (κ1) is 17.5. The van der Waals surface area contributed by atoms with Crippen molar-refractivity contribution in [3.63, 3.8) is 0 Å². The molecule has 3 aromatic heterocycles. The second-order valence-electron chi connectivity index (χ2n) is 8.19. The van der Waals surface area contributed by atoms with E-state index in [-0.39, 0.29) is 0 Å². The molecule has 0 amide bonds. The molecule has 0 spiro atoms. The number of pyridine rings is 1. The molecule has 0 atom stereocenters. The van der Waals surface area contributed by atoms with Crippen molar-refractivity contribution < 1.29 is 0 Å². The molecule has 0 saturated heterocycles. The molecule has 2 aliphatic rings. The van der Waals surface area contributed by atoms with E-state index in [4.69, 9.17) is 10.1 Å². The van der Waals surface area contributed by atoms with Crippen LogP contribution in [0.4, 0.5) is 11.8 Å². The molecule has 28 heavy (non-hydrogen) atoms. The second-order valence-corrected chi connectivity index (χ2v) is 8.19. The van der Waals surface area contributed by atoms with Crippen molar-refractivity contribution in [2.75, 3.05) is 10.6 Å².